The van der Waals surface area contributed by atoms with Gasteiger partial charge in [-0.15, -0.1) is 0 Å². The van der Waals surface area contributed by atoms with Gasteiger partial charge in [0.15, 0.2) is 6.29 Å². The molecule has 0 aromatic carbocycles. The monoisotopic (exact) mass is 223 g/mol. The van der Waals surface area contributed by atoms with Crippen LogP contribution in [-0.2, 0) is 9.47 Å². The molecule has 0 spiro atoms. The van der Waals surface area contributed by atoms with Crippen LogP contribution < -0.4 is 5.73 Å². The number of rotatable bonds is 4. The minimum absolute atomic E-state index is 0.155. The van der Waals surface area contributed by atoms with Crippen LogP contribution in [0.2, 0.25) is 0 Å². The van der Waals surface area contributed by atoms with E-state index in [9.17, 15) is 15.3 Å². The van der Waals surface area contributed by atoms with Gasteiger partial charge >= 0.3 is 0 Å². The van der Waals surface area contributed by atoms with Crippen LogP contribution in [0, 0.1) is 0 Å². The van der Waals surface area contributed by atoms with Crippen LogP contribution in [0.4, 0.5) is 0 Å². The molecule has 90 valence electrons. The van der Waals surface area contributed by atoms with E-state index in [1.54, 1.807) is 0 Å². The molecule has 1 saturated heterocycles. The average Bonchev–Trinajstić information content (AvgIpc) is 2.25. The minimum Gasteiger partial charge on any atom is -0.394 e. The van der Waals surface area contributed by atoms with Gasteiger partial charge in [-0.05, 0) is 0 Å². The first-order valence-corrected chi connectivity index (χ1v) is 4.74. The lowest BCUT2D eigenvalue weighted by atomic mass is 9.99. The second-order valence-corrected chi connectivity index (χ2v) is 3.36. The zero-order chi connectivity index (χ0) is 11.4. The van der Waals surface area contributed by atoms with Gasteiger partial charge in [-0.3, -0.25) is 0 Å². The first-order valence-electron chi connectivity index (χ1n) is 4.74. The van der Waals surface area contributed by atoms with Crippen molar-refractivity contribution in [2.24, 2.45) is 5.73 Å². The van der Waals surface area contributed by atoms with Crippen molar-refractivity contribution >= 4 is 0 Å². The maximum Gasteiger partial charge on any atom is 0.186 e. The van der Waals surface area contributed by atoms with Gasteiger partial charge in [0, 0.05) is 6.54 Å². The molecule has 15 heavy (non-hydrogen) atoms. The summed E-state index contributed by atoms with van der Waals surface area (Å²) in [6, 6.07) is 0. The standard InChI is InChI=1S/C8H17NO6/c9-1-2-14-8-7(13)6(12)5(11)4(3-10)15-8/h4-8,10-13H,1-3,9H2/t4?,5-,6?,7?,8+/m0/s1. The Hall–Kier alpha value is -0.280. The number of aliphatic hydroxyl groups excluding tert-OH is 4. The summed E-state index contributed by atoms with van der Waals surface area (Å²) in [5.41, 5.74) is 5.20. The van der Waals surface area contributed by atoms with E-state index in [4.69, 9.17) is 20.3 Å². The molecule has 1 fully saturated rings. The number of hydrogen-bond donors (Lipinski definition) is 5. The Morgan fingerprint density at radius 3 is 2.33 bits per heavy atom. The van der Waals surface area contributed by atoms with E-state index in [0.717, 1.165) is 0 Å². The highest BCUT2D eigenvalue weighted by Gasteiger charge is 2.43. The molecule has 0 saturated carbocycles. The number of ether oxygens (including phenoxy) is 2. The Kier molecular flexibility index (Phi) is 4.87. The highest BCUT2D eigenvalue weighted by atomic mass is 16.7. The van der Waals surface area contributed by atoms with E-state index >= 15 is 0 Å². The summed E-state index contributed by atoms with van der Waals surface area (Å²) in [4.78, 5) is 0. The van der Waals surface area contributed by atoms with Crippen LogP contribution >= 0.6 is 0 Å². The molecule has 1 rings (SSSR count). The number of aliphatic hydroxyl groups is 4. The fourth-order valence-electron chi connectivity index (χ4n) is 1.39. The summed E-state index contributed by atoms with van der Waals surface area (Å²) in [6.45, 7) is -0.0643. The zero-order valence-electron chi connectivity index (χ0n) is 8.19. The van der Waals surface area contributed by atoms with Crippen molar-refractivity contribution in [1.82, 2.24) is 0 Å². The summed E-state index contributed by atoms with van der Waals surface area (Å²) < 4.78 is 10.1. The van der Waals surface area contributed by atoms with Crippen LogP contribution in [-0.4, -0.2) is 70.9 Å². The zero-order valence-corrected chi connectivity index (χ0v) is 8.19. The van der Waals surface area contributed by atoms with Crippen LogP contribution in [0.25, 0.3) is 0 Å². The second-order valence-electron chi connectivity index (χ2n) is 3.36. The summed E-state index contributed by atoms with van der Waals surface area (Å²) >= 11 is 0. The summed E-state index contributed by atoms with van der Waals surface area (Å²) in [7, 11) is 0. The van der Waals surface area contributed by atoms with E-state index in [-0.39, 0.29) is 13.2 Å². The molecule has 7 nitrogen and oxygen atoms in total. The lowest BCUT2D eigenvalue weighted by molar-refractivity contribution is -0.300. The van der Waals surface area contributed by atoms with E-state index in [1.807, 2.05) is 0 Å². The molecule has 6 N–H and O–H groups in total. The number of nitrogens with two attached hydrogens (primary N) is 1. The van der Waals surface area contributed by atoms with Crippen molar-refractivity contribution in [1.29, 1.82) is 0 Å². The van der Waals surface area contributed by atoms with Crippen molar-refractivity contribution in [3.8, 4) is 0 Å². The lowest BCUT2D eigenvalue weighted by Gasteiger charge is -2.39. The maximum atomic E-state index is 9.47. The molecule has 7 heteroatoms. The van der Waals surface area contributed by atoms with Gasteiger partial charge in [0.25, 0.3) is 0 Å². The summed E-state index contributed by atoms with van der Waals surface area (Å²) in [5, 5.41) is 37.1. The minimum atomic E-state index is -1.40. The molecule has 1 heterocycles. The SMILES string of the molecule is NCCO[C@@H]1OC(CO)[C@H](O)C(O)C1O. The molecule has 0 aromatic rings. The molecule has 3 unspecified atom stereocenters. The van der Waals surface area contributed by atoms with E-state index in [2.05, 4.69) is 0 Å². The summed E-state index contributed by atoms with van der Waals surface area (Å²) in [5.74, 6) is 0. The van der Waals surface area contributed by atoms with Gasteiger partial charge in [0.05, 0.1) is 13.2 Å². The maximum absolute atomic E-state index is 9.47. The second kappa shape index (κ2) is 5.71. The fraction of sp³-hybridized carbons (Fsp3) is 1.00. The predicted molar refractivity (Wildman–Crippen MR) is 48.8 cm³/mol. The molecular formula is C8H17NO6. The largest absolute Gasteiger partial charge is 0.394 e. The Labute approximate surface area is 87.0 Å². The smallest absolute Gasteiger partial charge is 0.186 e. The first kappa shape index (κ1) is 12.8. The molecule has 1 aliphatic heterocycles. The molecule has 0 radical (unpaired) electrons. The van der Waals surface area contributed by atoms with Gasteiger partial charge < -0.3 is 35.6 Å². The molecule has 5 atom stereocenters. The molecular weight excluding hydrogens is 206 g/mol. The van der Waals surface area contributed by atoms with Gasteiger partial charge in [0.2, 0.25) is 0 Å². The van der Waals surface area contributed by atoms with Crippen LogP contribution in [0.1, 0.15) is 0 Å². The average molecular weight is 223 g/mol. The van der Waals surface area contributed by atoms with Crippen LogP contribution in [0.15, 0.2) is 0 Å². The third kappa shape index (κ3) is 2.85. The molecule has 1 aliphatic rings. The van der Waals surface area contributed by atoms with Crippen molar-refractivity contribution in [3.63, 3.8) is 0 Å². The Bertz CT molecular complexity index is 190. The Morgan fingerprint density at radius 1 is 1.13 bits per heavy atom. The van der Waals surface area contributed by atoms with Gasteiger partial charge in [-0.1, -0.05) is 0 Å². The van der Waals surface area contributed by atoms with Crippen molar-refractivity contribution in [3.05, 3.63) is 0 Å². The molecule has 0 aromatic heterocycles. The molecule has 0 aliphatic carbocycles. The first-order chi connectivity index (χ1) is 7.11. The van der Waals surface area contributed by atoms with E-state index in [0.29, 0.717) is 0 Å². The van der Waals surface area contributed by atoms with Crippen LogP contribution in [0.5, 0.6) is 0 Å². The fourth-order valence-corrected chi connectivity index (χ4v) is 1.39. The van der Waals surface area contributed by atoms with Gasteiger partial charge in [0.1, 0.15) is 24.4 Å². The van der Waals surface area contributed by atoms with E-state index < -0.39 is 37.3 Å². The van der Waals surface area contributed by atoms with Gasteiger partial charge in [-0.25, -0.2) is 0 Å². The Morgan fingerprint density at radius 2 is 1.80 bits per heavy atom. The highest BCUT2D eigenvalue weighted by Crippen LogP contribution is 2.21. The molecule has 0 bridgehead atoms. The quantitative estimate of drug-likeness (QED) is 0.339. The van der Waals surface area contributed by atoms with Gasteiger partial charge in [-0.2, -0.15) is 0 Å². The van der Waals surface area contributed by atoms with Crippen molar-refractivity contribution in [2.45, 2.75) is 30.7 Å². The predicted octanol–water partition coefficient (Wildman–Crippen LogP) is -3.24. The number of hydrogen-bond acceptors (Lipinski definition) is 7. The highest BCUT2D eigenvalue weighted by molar-refractivity contribution is 4.88. The molecule has 0 amide bonds. The third-order valence-electron chi connectivity index (χ3n) is 2.25. The normalized spacial score (nSPS) is 41.8. The third-order valence-corrected chi connectivity index (χ3v) is 2.25. The van der Waals surface area contributed by atoms with Crippen molar-refractivity contribution in [2.75, 3.05) is 19.8 Å². The topological polar surface area (TPSA) is 125 Å². The van der Waals surface area contributed by atoms with Crippen molar-refractivity contribution < 1.29 is 29.9 Å². The lowest BCUT2D eigenvalue weighted by Crippen LogP contribution is -2.59. The van der Waals surface area contributed by atoms with E-state index in [1.165, 1.54) is 0 Å². The Balaban J connectivity index is 2.57. The van der Waals surface area contributed by atoms with Crippen LogP contribution in [0.3, 0.4) is 0 Å². The summed E-state index contributed by atoms with van der Waals surface area (Å²) in [6.07, 6.45) is -6.13.